The molecule has 6 heteroatoms. The number of hydrogen-bond donors (Lipinski definition) is 1. The molecule has 4 rings (SSSR count). The number of benzene rings is 2. The highest BCUT2D eigenvalue weighted by Gasteiger charge is 2.14. The van der Waals surface area contributed by atoms with E-state index >= 15 is 0 Å². The molecule has 2 aromatic carbocycles. The number of nitrogens with one attached hydrogen (secondary N) is 1. The molecule has 0 aliphatic heterocycles. The highest BCUT2D eigenvalue weighted by molar-refractivity contribution is 5.96. The SMILES string of the molecule is Cn1c(CCNC(=O)c2cc3ccccc3oc2=O)nc2ccccc21. The van der Waals surface area contributed by atoms with Crippen molar-refractivity contribution in [2.24, 2.45) is 7.05 Å². The number of aryl methyl sites for hydroxylation is 1. The van der Waals surface area contributed by atoms with Crippen LogP contribution >= 0.6 is 0 Å². The summed E-state index contributed by atoms with van der Waals surface area (Å²) in [5.74, 6) is 0.431. The molecule has 2 heterocycles. The van der Waals surface area contributed by atoms with Gasteiger partial charge in [-0.1, -0.05) is 30.3 Å². The first-order valence-electron chi connectivity index (χ1n) is 8.35. The Morgan fingerprint density at radius 1 is 1.15 bits per heavy atom. The normalized spacial score (nSPS) is 11.1. The van der Waals surface area contributed by atoms with Crippen molar-refractivity contribution in [1.29, 1.82) is 0 Å². The zero-order chi connectivity index (χ0) is 18.1. The number of imidazole rings is 1. The van der Waals surface area contributed by atoms with Gasteiger partial charge in [0.1, 0.15) is 17.0 Å². The van der Waals surface area contributed by atoms with Crippen LogP contribution < -0.4 is 10.9 Å². The number of carbonyl (C=O) groups is 1. The summed E-state index contributed by atoms with van der Waals surface area (Å²) >= 11 is 0. The molecular weight excluding hydrogens is 330 g/mol. The Labute approximate surface area is 149 Å². The van der Waals surface area contributed by atoms with Crippen LogP contribution in [-0.4, -0.2) is 22.0 Å². The molecule has 0 saturated carbocycles. The zero-order valence-corrected chi connectivity index (χ0v) is 14.2. The van der Waals surface area contributed by atoms with Crippen molar-refractivity contribution in [2.45, 2.75) is 6.42 Å². The van der Waals surface area contributed by atoms with Crippen LogP contribution in [0.15, 0.2) is 63.8 Å². The average molecular weight is 347 g/mol. The van der Waals surface area contributed by atoms with Gasteiger partial charge in [0.15, 0.2) is 0 Å². The van der Waals surface area contributed by atoms with Crippen LogP contribution in [0.3, 0.4) is 0 Å². The van der Waals surface area contributed by atoms with Gasteiger partial charge < -0.3 is 14.3 Å². The van der Waals surface area contributed by atoms with Gasteiger partial charge >= 0.3 is 5.63 Å². The molecule has 1 amide bonds. The van der Waals surface area contributed by atoms with Crippen LogP contribution in [-0.2, 0) is 13.5 Å². The van der Waals surface area contributed by atoms with E-state index in [-0.39, 0.29) is 5.56 Å². The van der Waals surface area contributed by atoms with Gasteiger partial charge in [0.2, 0.25) is 0 Å². The lowest BCUT2D eigenvalue weighted by Crippen LogP contribution is -2.30. The smallest absolute Gasteiger partial charge is 0.349 e. The van der Waals surface area contributed by atoms with Crippen LogP contribution in [0.2, 0.25) is 0 Å². The fourth-order valence-electron chi connectivity index (χ4n) is 3.02. The molecule has 0 saturated heterocycles. The van der Waals surface area contributed by atoms with E-state index in [2.05, 4.69) is 10.3 Å². The highest BCUT2D eigenvalue weighted by atomic mass is 16.4. The summed E-state index contributed by atoms with van der Waals surface area (Å²) in [4.78, 5) is 29.0. The third-order valence-electron chi connectivity index (χ3n) is 4.40. The molecule has 130 valence electrons. The second-order valence-corrected chi connectivity index (χ2v) is 6.07. The van der Waals surface area contributed by atoms with E-state index in [0.717, 1.165) is 16.9 Å². The Balaban J connectivity index is 1.49. The fourth-order valence-corrected chi connectivity index (χ4v) is 3.02. The summed E-state index contributed by atoms with van der Waals surface area (Å²) in [7, 11) is 1.95. The van der Waals surface area contributed by atoms with Gasteiger partial charge in [0, 0.05) is 25.4 Å². The van der Waals surface area contributed by atoms with Gasteiger partial charge in [-0.3, -0.25) is 4.79 Å². The number of rotatable bonds is 4. The van der Waals surface area contributed by atoms with Crippen molar-refractivity contribution < 1.29 is 9.21 Å². The van der Waals surface area contributed by atoms with Gasteiger partial charge in [-0.05, 0) is 24.3 Å². The predicted octanol–water partition coefficient (Wildman–Crippen LogP) is 2.65. The number of nitrogens with zero attached hydrogens (tertiary/aromatic N) is 2. The second-order valence-electron chi connectivity index (χ2n) is 6.07. The average Bonchev–Trinajstić information content (AvgIpc) is 2.97. The first-order valence-corrected chi connectivity index (χ1v) is 8.35. The molecule has 26 heavy (non-hydrogen) atoms. The van der Waals surface area contributed by atoms with E-state index < -0.39 is 11.5 Å². The summed E-state index contributed by atoms with van der Waals surface area (Å²) in [5.41, 5.74) is 1.81. The Hall–Kier alpha value is -3.41. The van der Waals surface area contributed by atoms with Crippen LogP contribution in [0.5, 0.6) is 0 Å². The maximum Gasteiger partial charge on any atom is 0.349 e. The Morgan fingerprint density at radius 2 is 1.92 bits per heavy atom. The molecule has 6 nitrogen and oxygen atoms in total. The van der Waals surface area contributed by atoms with Crippen LogP contribution in [0, 0.1) is 0 Å². The van der Waals surface area contributed by atoms with Crippen molar-refractivity contribution in [2.75, 3.05) is 6.54 Å². The van der Waals surface area contributed by atoms with Crippen molar-refractivity contribution >= 4 is 27.9 Å². The number of aromatic nitrogens is 2. The fraction of sp³-hybridized carbons (Fsp3) is 0.150. The third kappa shape index (κ3) is 2.86. The second kappa shape index (κ2) is 6.48. The largest absolute Gasteiger partial charge is 0.422 e. The maximum atomic E-state index is 12.4. The molecule has 0 spiro atoms. The topological polar surface area (TPSA) is 77.1 Å². The standard InChI is InChI=1S/C20H17N3O3/c1-23-16-8-4-3-7-15(16)22-18(23)10-11-21-19(24)14-12-13-6-2-5-9-17(13)26-20(14)25/h2-9,12H,10-11H2,1H3,(H,21,24). The molecule has 0 bridgehead atoms. The van der Waals surface area contributed by atoms with Crippen LogP contribution in [0.4, 0.5) is 0 Å². The molecule has 0 radical (unpaired) electrons. The molecule has 4 aromatic rings. The van der Waals surface area contributed by atoms with E-state index in [0.29, 0.717) is 23.9 Å². The van der Waals surface area contributed by atoms with Gasteiger partial charge in [-0.2, -0.15) is 0 Å². The summed E-state index contributed by atoms with van der Waals surface area (Å²) in [6.45, 7) is 0.377. The van der Waals surface area contributed by atoms with Gasteiger partial charge in [0.05, 0.1) is 11.0 Å². The first kappa shape index (κ1) is 16.1. The lowest BCUT2D eigenvalue weighted by molar-refractivity contribution is 0.0950. The quantitative estimate of drug-likeness (QED) is 0.576. The minimum Gasteiger partial charge on any atom is -0.422 e. The van der Waals surface area contributed by atoms with Crippen LogP contribution in [0.1, 0.15) is 16.2 Å². The lowest BCUT2D eigenvalue weighted by Gasteiger charge is -2.06. The molecule has 0 unspecified atom stereocenters. The molecule has 0 atom stereocenters. The molecule has 0 fully saturated rings. The van der Waals surface area contributed by atoms with E-state index in [1.165, 1.54) is 0 Å². The minimum absolute atomic E-state index is 0.00806. The van der Waals surface area contributed by atoms with Gasteiger partial charge in [-0.25, -0.2) is 9.78 Å². The Kier molecular flexibility index (Phi) is 4.01. The lowest BCUT2D eigenvalue weighted by atomic mass is 10.2. The Morgan fingerprint density at radius 3 is 2.77 bits per heavy atom. The van der Waals surface area contributed by atoms with E-state index in [1.807, 2.05) is 41.9 Å². The monoisotopic (exact) mass is 347 g/mol. The maximum absolute atomic E-state index is 12.4. The van der Waals surface area contributed by atoms with Crippen molar-refractivity contribution in [3.05, 3.63) is 76.4 Å². The molecular formula is C20H17N3O3. The van der Waals surface area contributed by atoms with E-state index in [4.69, 9.17) is 4.42 Å². The summed E-state index contributed by atoms with van der Waals surface area (Å²) in [6, 6.07) is 16.5. The number of hydrogen-bond acceptors (Lipinski definition) is 4. The summed E-state index contributed by atoms with van der Waals surface area (Å²) in [5, 5.41) is 3.49. The van der Waals surface area contributed by atoms with E-state index in [9.17, 15) is 9.59 Å². The van der Waals surface area contributed by atoms with E-state index in [1.54, 1.807) is 24.3 Å². The molecule has 1 N–H and O–H groups in total. The first-order chi connectivity index (χ1) is 12.6. The molecule has 2 aromatic heterocycles. The highest BCUT2D eigenvalue weighted by Crippen LogP contribution is 2.15. The van der Waals surface area contributed by atoms with Gasteiger partial charge in [-0.15, -0.1) is 0 Å². The molecule has 0 aliphatic rings. The molecule has 0 aliphatic carbocycles. The van der Waals surface area contributed by atoms with Crippen LogP contribution in [0.25, 0.3) is 22.0 Å². The van der Waals surface area contributed by atoms with Crippen molar-refractivity contribution in [3.8, 4) is 0 Å². The number of amides is 1. The Bertz CT molecular complexity index is 1170. The predicted molar refractivity (Wildman–Crippen MR) is 99.2 cm³/mol. The number of para-hydroxylation sites is 3. The summed E-state index contributed by atoms with van der Waals surface area (Å²) < 4.78 is 7.21. The summed E-state index contributed by atoms with van der Waals surface area (Å²) in [6.07, 6.45) is 0.565. The van der Waals surface area contributed by atoms with Crippen molar-refractivity contribution in [1.82, 2.24) is 14.9 Å². The van der Waals surface area contributed by atoms with Gasteiger partial charge in [0.25, 0.3) is 5.91 Å². The number of carbonyl (C=O) groups excluding carboxylic acids is 1. The van der Waals surface area contributed by atoms with Crippen molar-refractivity contribution in [3.63, 3.8) is 0 Å². The minimum atomic E-state index is -0.635. The number of fused-ring (bicyclic) bond motifs is 2. The third-order valence-corrected chi connectivity index (χ3v) is 4.40. The zero-order valence-electron chi connectivity index (χ0n) is 14.2.